The molecule has 0 amide bonds. The van der Waals surface area contributed by atoms with E-state index < -0.39 is 6.10 Å². The van der Waals surface area contributed by atoms with Gasteiger partial charge in [-0.2, -0.15) is 0 Å². The highest BCUT2D eigenvalue weighted by Gasteiger charge is 2.27. The number of aliphatic hydroxyl groups is 1. The van der Waals surface area contributed by atoms with Crippen LogP contribution in [0.1, 0.15) is 31.4 Å². The van der Waals surface area contributed by atoms with Crippen molar-refractivity contribution in [3.63, 3.8) is 0 Å². The largest absolute Gasteiger partial charge is 0.497 e. The molecule has 34 heavy (non-hydrogen) atoms. The molecule has 0 spiro atoms. The summed E-state index contributed by atoms with van der Waals surface area (Å²) in [5.41, 5.74) is 2.08. The van der Waals surface area contributed by atoms with E-state index in [1.807, 2.05) is 18.2 Å². The number of nitrogens with zero attached hydrogens (tertiary/aromatic N) is 3. The lowest BCUT2D eigenvalue weighted by molar-refractivity contribution is 0.0639. The number of nitrogens with one attached hydrogen (secondary N) is 1. The third kappa shape index (κ3) is 4.85. The fourth-order valence-electron chi connectivity index (χ4n) is 4.84. The van der Waals surface area contributed by atoms with Crippen LogP contribution in [0.4, 0.5) is 0 Å². The highest BCUT2D eigenvalue weighted by atomic mass is 16.6. The van der Waals surface area contributed by atoms with Crippen molar-refractivity contribution in [2.75, 3.05) is 20.3 Å². The summed E-state index contributed by atoms with van der Waals surface area (Å²) in [6.45, 7) is 2.02. The molecule has 1 saturated carbocycles. The van der Waals surface area contributed by atoms with Gasteiger partial charge in [0.2, 0.25) is 0 Å². The molecule has 9 nitrogen and oxygen atoms in total. The molecule has 2 N–H and O–H groups in total. The summed E-state index contributed by atoms with van der Waals surface area (Å²) < 4.78 is 18.1. The van der Waals surface area contributed by atoms with Crippen molar-refractivity contribution in [2.24, 2.45) is 5.92 Å². The molecule has 1 fully saturated rings. The molecule has 0 unspecified atom stereocenters. The van der Waals surface area contributed by atoms with Crippen LogP contribution in [0.2, 0.25) is 0 Å². The summed E-state index contributed by atoms with van der Waals surface area (Å²) in [7, 11) is 1.59. The third-order valence-corrected chi connectivity index (χ3v) is 6.80. The topological polar surface area (TPSA) is 108 Å². The average molecular weight is 467 g/mol. The number of hydrogen-bond acceptors (Lipinski definition) is 8. The summed E-state index contributed by atoms with van der Waals surface area (Å²) in [5.74, 6) is 2.25. The van der Waals surface area contributed by atoms with E-state index in [1.54, 1.807) is 23.9 Å². The summed E-state index contributed by atoms with van der Waals surface area (Å²) in [6, 6.07) is 7.73. The summed E-state index contributed by atoms with van der Waals surface area (Å²) in [6.07, 6.45) is 6.16. The maximum absolute atomic E-state index is 12.5. The predicted molar refractivity (Wildman–Crippen MR) is 126 cm³/mol. The fraction of sp³-hybridized carbons (Fsp3) is 0.480. The van der Waals surface area contributed by atoms with Crippen LogP contribution in [0.3, 0.4) is 0 Å². The van der Waals surface area contributed by atoms with Crippen molar-refractivity contribution in [3.8, 4) is 17.2 Å². The van der Waals surface area contributed by atoms with Gasteiger partial charge in [-0.15, -0.1) is 0 Å². The van der Waals surface area contributed by atoms with E-state index in [-0.39, 0.29) is 18.0 Å². The summed E-state index contributed by atoms with van der Waals surface area (Å²) >= 11 is 0. The van der Waals surface area contributed by atoms with Gasteiger partial charge in [-0.3, -0.25) is 9.78 Å². The number of aliphatic hydroxyl groups excluding tert-OH is 1. The molecule has 2 aliphatic rings. The van der Waals surface area contributed by atoms with Gasteiger partial charge in [-0.05, 0) is 43.7 Å². The number of hydrogen-bond donors (Lipinski definition) is 2. The highest BCUT2D eigenvalue weighted by molar-refractivity contribution is 5.76. The Kier molecular flexibility index (Phi) is 6.64. The first-order valence-electron chi connectivity index (χ1n) is 11.8. The highest BCUT2D eigenvalue weighted by Crippen LogP contribution is 2.31. The molecule has 5 rings (SSSR count). The molecule has 9 heteroatoms. The second-order valence-corrected chi connectivity index (χ2v) is 8.94. The molecule has 180 valence electrons. The number of pyridine rings is 1. The Morgan fingerprint density at radius 2 is 1.91 bits per heavy atom. The fourth-order valence-corrected chi connectivity index (χ4v) is 4.84. The normalized spacial score (nSPS) is 20.8. The zero-order valence-corrected chi connectivity index (χ0v) is 19.3. The predicted octanol–water partition coefficient (Wildman–Crippen LogP) is 2.28. The number of fused-ring (bicyclic) bond motifs is 2. The second kappa shape index (κ2) is 9.99. The zero-order chi connectivity index (χ0) is 23.5. The van der Waals surface area contributed by atoms with E-state index in [1.165, 1.54) is 6.20 Å². The molecule has 1 aliphatic heterocycles. The Morgan fingerprint density at radius 1 is 1.12 bits per heavy atom. The maximum atomic E-state index is 12.5. The van der Waals surface area contributed by atoms with Crippen LogP contribution in [0.25, 0.3) is 11.0 Å². The lowest BCUT2D eigenvalue weighted by Gasteiger charge is -2.32. The molecule has 1 aliphatic carbocycles. The van der Waals surface area contributed by atoms with Crippen LogP contribution in [0.15, 0.2) is 41.5 Å². The van der Waals surface area contributed by atoms with Gasteiger partial charge < -0.3 is 29.2 Å². The number of ether oxygens (including phenoxy) is 3. The SMILES string of the molecule is COc1ccc2ncc(=O)n(C[C@@H](O)C3CCC(NCc4cc5c(cn4)OCCO5)CC3)c2c1. The summed E-state index contributed by atoms with van der Waals surface area (Å²) in [5, 5.41) is 14.6. The first-order chi connectivity index (χ1) is 16.6. The Balaban J connectivity index is 1.17. The molecule has 0 radical (unpaired) electrons. The van der Waals surface area contributed by atoms with Crippen LogP contribution < -0.4 is 25.1 Å². The molecule has 3 heterocycles. The monoisotopic (exact) mass is 466 g/mol. The lowest BCUT2D eigenvalue weighted by Crippen LogP contribution is -2.38. The van der Waals surface area contributed by atoms with Crippen LogP contribution >= 0.6 is 0 Å². The molecule has 0 saturated heterocycles. The van der Waals surface area contributed by atoms with Crippen LogP contribution in [-0.2, 0) is 13.1 Å². The minimum absolute atomic E-state index is 0.145. The van der Waals surface area contributed by atoms with Gasteiger partial charge in [0.25, 0.3) is 5.56 Å². The average Bonchev–Trinajstić information content (AvgIpc) is 2.89. The van der Waals surface area contributed by atoms with Gasteiger partial charge in [-0.25, -0.2) is 4.98 Å². The van der Waals surface area contributed by atoms with Gasteiger partial charge in [0.05, 0.1) is 48.9 Å². The quantitative estimate of drug-likeness (QED) is 0.546. The number of aromatic nitrogens is 3. The molecule has 2 aromatic heterocycles. The van der Waals surface area contributed by atoms with E-state index in [0.29, 0.717) is 48.3 Å². The minimum atomic E-state index is -0.602. The molecule has 1 aromatic carbocycles. The standard InChI is InChI=1S/C25H30N4O5/c1-32-19-6-7-20-21(11-19)29(25(31)14-28-20)15-22(30)16-2-4-17(5-3-16)26-12-18-10-23-24(13-27-18)34-9-8-33-23/h6-7,10-11,13-14,16-17,22,26,30H,2-5,8-9,12,15H2,1H3/t16?,17?,22-/m1/s1. The van der Waals surface area contributed by atoms with Crippen LogP contribution in [0, 0.1) is 5.92 Å². The smallest absolute Gasteiger partial charge is 0.269 e. The van der Waals surface area contributed by atoms with E-state index in [2.05, 4.69) is 15.3 Å². The van der Waals surface area contributed by atoms with Gasteiger partial charge in [0.15, 0.2) is 11.5 Å². The van der Waals surface area contributed by atoms with Crippen molar-refractivity contribution in [3.05, 3.63) is 52.7 Å². The van der Waals surface area contributed by atoms with E-state index in [9.17, 15) is 9.90 Å². The van der Waals surface area contributed by atoms with E-state index in [0.717, 1.165) is 37.1 Å². The van der Waals surface area contributed by atoms with Gasteiger partial charge in [0, 0.05) is 24.7 Å². The summed E-state index contributed by atoms with van der Waals surface area (Å²) in [4.78, 5) is 21.2. The Hall–Kier alpha value is -3.17. The van der Waals surface area contributed by atoms with Crippen molar-refractivity contribution < 1.29 is 19.3 Å². The maximum Gasteiger partial charge on any atom is 0.269 e. The lowest BCUT2D eigenvalue weighted by atomic mass is 9.82. The van der Waals surface area contributed by atoms with Crippen LogP contribution in [0.5, 0.6) is 17.2 Å². The van der Waals surface area contributed by atoms with Gasteiger partial charge in [-0.1, -0.05) is 0 Å². The molecule has 0 bridgehead atoms. The molecular weight excluding hydrogens is 436 g/mol. The molecule has 1 atom stereocenters. The second-order valence-electron chi connectivity index (χ2n) is 8.94. The first kappa shape index (κ1) is 22.6. The number of rotatable bonds is 7. The Bertz CT molecular complexity index is 1210. The first-order valence-corrected chi connectivity index (χ1v) is 11.8. The van der Waals surface area contributed by atoms with Gasteiger partial charge in [0.1, 0.15) is 19.0 Å². The Morgan fingerprint density at radius 3 is 2.71 bits per heavy atom. The molecule has 3 aromatic rings. The number of methoxy groups -OCH3 is 1. The molecular formula is C25H30N4O5. The zero-order valence-electron chi connectivity index (χ0n) is 19.3. The van der Waals surface area contributed by atoms with E-state index >= 15 is 0 Å². The van der Waals surface area contributed by atoms with Crippen molar-refractivity contribution in [1.29, 1.82) is 0 Å². The van der Waals surface area contributed by atoms with E-state index in [4.69, 9.17) is 14.2 Å². The van der Waals surface area contributed by atoms with Crippen molar-refractivity contribution in [1.82, 2.24) is 19.9 Å². The Labute approximate surface area is 197 Å². The minimum Gasteiger partial charge on any atom is -0.497 e. The third-order valence-electron chi connectivity index (χ3n) is 6.80. The van der Waals surface area contributed by atoms with Gasteiger partial charge >= 0.3 is 0 Å². The van der Waals surface area contributed by atoms with Crippen LogP contribution in [-0.4, -0.2) is 52.1 Å². The van der Waals surface area contributed by atoms with Crippen molar-refractivity contribution in [2.45, 2.75) is 50.9 Å². The van der Waals surface area contributed by atoms with Crippen molar-refractivity contribution >= 4 is 11.0 Å². The number of benzene rings is 1.